The largest absolute Gasteiger partial charge is 0.368 e. The van der Waals surface area contributed by atoms with Crippen molar-refractivity contribution in [1.82, 2.24) is 24.8 Å². The number of nitrogens with two attached hydrogens (primary N) is 1. The molecule has 0 aliphatic carbocycles. The Kier molecular flexibility index (Phi) is 6.23. The summed E-state index contributed by atoms with van der Waals surface area (Å²) in [6.45, 7) is 7.11. The molecule has 7 nitrogen and oxygen atoms in total. The van der Waals surface area contributed by atoms with E-state index in [9.17, 15) is 0 Å². The third-order valence-corrected chi connectivity index (χ3v) is 5.14. The molecular formula is C20H31N7. The van der Waals surface area contributed by atoms with Crippen LogP contribution in [0.25, 0.3) is 0 Å². The Morgan fingerprint density at radius 3 is 2.74 bits per heavy atom. The summed E-state index contributed by atoms with van der Waals surface area (Å²) in [5, 5.41) is 3.24. The number of anilines is 3. The zero-order valence-electron chi connectivity index (χ0n) is 16.8. The van der Waals surface area contributed by atoms with Crippen LogP contribution in [0.15, 0.2) is 24.3 Å². The molecule has 2 aromatic rings. The first-order chi connectivity index (χ1) is 12.9. The minimum atomic E-state index is 0.253. The Labute approximate surface area is 162 Å². The first kappa shape index (κ1) is 19.5. The molecule has 2 atom stereocenters. The predicted octanol–water partition coefficient (Wildman–Crippen LogP) is 2.67. The van der Waals surface area contributed by atoms with Gasteiger partial charge in [0.1, 0.15) is 5.82 Å². The van der Waals surface area contributed by atoms with Crippen LogP contribution < -0.4 is 11.1 Å². The quantitative estimate of drug-likeness (QED) is 0.776. The lowest BCUT2D eigenvalue weighted by Gasteiger charge is -2.24. The van der Waals surface area contributed by atoms with E-state index in [-0.39, 0.29) is 5.95 Å². The summed E-state index contributed by atoms with van der Waals surface area (Å²) in [5.74, 6) is 2.15. The van der Waals surface area contributed by atoms with Crippen LogP contribution >= 0.6 is 0 Å². The summed E-state index contributed by atoms with van der Waals surface area (Å²) in [6, 6.07) is 8.68. The molecule has 1 aliphatic rings. The number of rotatable bonds is 7. The molecule has 27 heavy (non-hydrogen) atoms. The molecule has 0 amide bonds. The van der Waals surface area contributed by atoms with Gasteiger partial charge in [0.25, 0.3) is 0 Å². The van der Waals surface area contributed by atoms with Gasteiger partial charge in [0.05, 0.1) is 6.54 Å². The smallest absolute Gasteiger partial charge is 0.232 e. The Bertz CT molecular complexity index is 762. The second-order valence-corrected chi connectivity index (χ2v) is 7.70. The number of aromatic nitrogens is 3. The Hall–Kier alpha value is -2.25. The van der Waals surface area contributed by atoms with Gasteiger partial charge >= 0.3 is 0 Å². The standard InChI is InChI=1S/C20H31N7/c1-5-7-15-11-27(12-17(15)26(3)4)13-18-23-19(21)25-20(24-18)22-16-9-6-8-14(2)10-16/h6,8-10,15,17H,5,7,11-13H2,1-4H3,(H3,21,22,23,24,25)/t15-,17-/m1/s1. The Morgan fingerprint density at radius 2 is 2.04 bits per heavy atom. The lowest BCUT2D eigenvalue weighted by Crippen LogP contribution is -2.35. The maximum atomic E-state index is 5.94. The van der Waals surface area contributed by atoms with Gasteiger partial charge in [-0.15, -0.1) is 0 Å². The number of nitrogen functional groups attached to an aromatic ring is 1. The van der Waals surface area contributed by atoms with Crippen molar-refractivity contribution in [3.8, 4) is 0 Å². The molecule has 7 heteroatoms. The van der Waals surface area contributed by atoms with Crippen molar-refractivity contribution in [3.63, 3.8) is 0 Å². The van der Waals surface area contributed by atoms with E-state index in [1.165, 1.54) is 18.4 Å². The highest BCUT2D eigenvalue weighted by molar-refractivity contribution is 5.54. The monoisotopic (exact) mass is 369 g/mol. The van der Waals surface area contributed by atoms with E-state index in [1.807, 2.05) is 12.1 Å². The topological polar surface area (TPSA) is 83.2 Å². The maximum Gasteiger partial charge on any atom is 0.232 e. The molecule has 0 spiro atoms. The van der Waals surface area contributed by atoms with Gasteiger partial charge in [-0.3, -0.25) is 4.90 Å². The van der Waals surface area contributed by atoms with Crippen LogP contribution in [0.4, 0.5) is 17.6 Å². The fourth-order valence-electron chi connectivity index (χ4n) is 3.93. The highest BCUT2D eigenvalue weighted by atomic mass is 15.3. The van der Waals surface area contributed by atoms with Gasteiger partial charge in [0.15, 0.2) is 0 Å². The third kappa shape index (κ3) is 5.14. The fourth-order valence-corrected chi connectivity index (χ4v) is 3.93. The van der Waals surface area contributed by atoms with Crippen LogP contribution in [-0.4, -0.2) is 58.0 Å². The number of hydrogen-bond acceptors (Lipinski definition) is 7. The number of nitrogens with one attached hydrogen (secondary N) is 1. The second kappa shape index (κ2) is 8.63. The van der Waals surface area contributed by atoms with Crippen molar-refractivity contribution in [2.24, 2.45) is 5.92 Å². The molecule has 0 unspecified atom stereocenters. The average molecular weight is 370 g/mol. The summed E-state index contributed by atoms with van der Waals surface area (Å²) in [7, 11) is 4.34. The van der Waals surface area contributed by atoms with Crippen molar-refractivity contribution in [2.45, 2.75) is 39.3 Å². The second-order valence-electron chi connectivity index (χ2n) is 7.70. The average Bonchev–Trinajstić information content (AvgIpc) is 2.97. The number of hydrogen-bond donors (Lipinski definition) is 2. The van der Waals surface area contributed by atoms with Gasteiger partial charge in [0, 0.05) is 24.8 Å². The Balaban J connectivity index is 1.71. The highest BCUT2D eigenvalue weighted by Gasteiger charge is 2.33. The molecule has 1 saturated heterocycles. The number of nitrogens with zero attached hydrogens (tertiary/aromatic N) is 5. The highest BCUT2D eigenvalue weighted by Crippen LogP contribution is 2.26. The first-order valence-electron chi connectivity index (χ1n) is 9.67. The maximum absolute atomic E-state index is 5.94. The van der Waals surface area contributed by atoms with E-state index in [1.54, 1.807) is 0 Å². The molecule has 146 valence electrons. The van der Waals surface area contributed by atoms with Crippen molar-refractivity contribution in [1.29, 1.82) is 0 Å². The van der Waals surface area contributed by atoms with Crippen molar-refractivity contribution >= 4 is 17.6 Å². The molecule has 1 aromatic heterocycles. The summed E-state index contributed by atoms with van der Waals surface area (Å²) in [6.07, 6.45) is 2.46. The Morgan fingerprint density at radius 1 is 1.22 bits per heavy atom. The van der Waals surface area contributed by atoms with Gasteiger partial charge in [-0.05, 0) is 51.1 Å². The van der Waals surface area contributed by atoms with Crippen LogP contribution in [-0.2, 0) is 6.54 Å². The molecule has 3 N–H and O–H groups in total. The number of likely N-dealkylation sites (N-methyl/N-ethyl adjacent to an activating group) is 1. The minimum absolute atomic E-state index is 0.253. The van der Waals surface area contributed by atoms with E-state index in [0.29, 0.717) is 30.3 Å². The summed E-state index contributed by atoms with van der Waals surface area (Å²) in [5.41, 5.74) is 8.06. The van der Waals surface area contributed by atoms with Crippen LogP contribution in [0.2, 0.25) is 0 Å². The van der Waals surface area contributed by atoms with Gasteiger partial charge < -0.3 is 16.0 Å². The fraction of sp³-hybridized carbons (Fsp3) is 0.550. The van der Waals surface area contributed by atoms with Crippen LogP contribution in [0.3, 0.4) is 0 Å². The lowest BCUT2D eigenvalue weighted by atomic mass is 9.98. The van der Waals surface area contributed by atoms with Crippen LogP contribution in [0.1, 0.15) is 31.2 Å². The third-order valence-electron chi connectivity index (χ3n) is 5.14. The summed E-state index contributed by atoms with van der Waals surface area (Å²) >= 11 is 0. The van der Waals surface area contributed by atoms with Gasteiger partial charge in [-0.25, -0.2) is 0 Å². The van der Waals surface area contributed by atoms with Gasteiger partial charge in [-0.2, -0.15) is 15.0 Å². The van der Waals surface area contributed by atoms with Crippen LogP contribution in [0, 0.1) is 12.8 Å². The predicted molar refractivity (Wildman–Crippen MR) is 110 cm³/mol. The SMILES string of the molecule is CCC[C@@H]1CN(Cc2nc(N)nc(Nc3cccc(C)c3)n2)C[C@H]1N(C)C. The molecule has 2 heterocycles. The molecule has 0 bridgehead atoms. The zero-order chi connectivity index (χ0) is 19.4. The first-order valence-corrected chi connectivity index (χ1v) is 9.67. The minimum Gasteiger partial charge on any atom is -0.368 e. The van der Waals surface area contributed by atoms with Gasteiger partial charge in [0.2, 0.25) is 11.9 Å². The molecular weight excluding hydrogens is 338 g/mol. The number of benzene rings is 1. The summed E-state index contributed by atoms with van der Waals surface area (Å²) in [4.78, 5) is 18.0. The van der Waals surface area contributed by atoms with Crippen molar-refractivity contribution in [3.05, 3.63) is 35.7 Å². The van der Waals surface area contributed by atoms with Gasteiger partial charge in [-0.1, -0.05) is 25.5 Å². The molecule has 1 aromatic carbocycles. The van der Waals surface area contributed by atoms with Crippen molar-refractivity contribution in [2.75, 3.05) is 38.2 Å². The van der Waals surface area contributed by atoms with Crippen molar-refractivity contribution < 1.29 is 0 Å². The number of likely N-dealkylation sites (tertiary alicyclic amines) is 1. The molecule has 0 saturated carbocycles. The normalized spacial score (nSPS) is 20.3. The lowest BCUT2D eigenvalue weighted by molar-refractivity contribution is 0.238. The van der Waals surface area contributed by atoms with E-state index >= 15 is 0 Å². The molecule has 0 radical (unpaired) electrons. The summed E-state index contributed by atoms with van der Waals surface area (Å²) < 4.78 is 0. The number of aryl methyl sites for hydroxylation is 1. The van der Waals surface area contributed by atoms with E-state index < -0.39 is 0 Å². The van der Waals surface area contributed by atoms with E-state index in [4.69, 9.17) is 5.73 Å². The molecule has 3 rings (SSSR count). The van der Waals surface area contributed by atoms with E-state index in [0.717, 1.165) is 18.8 Å². The molecule has 1 aliphatic heterocycles. The van der Waals surface area contributed by atoms with Crippen LogP contribution in [0.5, 0.6) is 0 Å². The zero-order valence-corrected chi connectivity index (χ0v) is 16.8. The van der Waals surface area contributed by atoms with E-state index in [2.05, 4.69) is 70.1 Å². The molecule has 1 fully saturated rings.